The van der Waals surface area contributed by atoms with Gasteiger partial charge in [0.1, 0.15) is 11.2 Å². The summed E-state index contributed by atoms with van der Waals surface area (Å²) in [5, 5.41) is 77.9. The van der Waals surface area contributed by atoms with Gasteiger partial charge in [0.15, 0.2) is 0 Å². The Bertz CT molecular complexity index is 523. The summed E-state index contributed by atoms with van der Waals surface area (Å²) in [6, 6.07) is 0. The number of hydrogen-bond donors (Lipinski definition) is 2. The first-order valence-electron chi connectivity index (χ1n) is 6.23. The van der Waals surface area contributed by atoms with Crippen LogP contribution in [0.4, 0.5) is 0 Å². The predicted molar refractivity (Wildman–Crippen MR) is 58.4 cm³/mol. The first kappa shape index (κ1) is 39.0. The number of hydrogen-bond acceptors (Lipinski definition) is 14. The average molecular weight is 472 g/mol. The summed E-state index contributed by atoms with van der Waals surface area (Å²) in [4.78, 5) is 60.0. The van der Waals surface area contributed by atoms with Gasteiger partial charge in [-0.3, -0.25) is 0 Å². The number of aliphatic hydroxyl groups is 2. The minimum absolute atomic E-state index is 0. The molecule has 0 amide bonds. The molecule has 0 bridgehead atoms. The molecule has 0 radical (unpaired) electrons. The van der Waals surface area contributed by atoms with Gasteiger partial charge in [-0.1, -0.05) is 0 Å². The molecule has 0 aromatic heterocycles. The Hall–Kier alpha value is -0.546. The van der Waals surface area contributed by atoms with Gasteiger partial charge in [-0.05, 0) is 0 Å². The van der Waals surface area contributed by atoms with E-state index < -0.39 is 72.7 Å². The first-order valence-corrected chi connectivity index (χ1v) is 6.23. The van der Waals surface area contributed by atoms with Crippen LogP contribution in [0, 0.1) is 0 Å². The van der Waals surface area contributed by atoms with Gasteiger partial charge in [-0.25, -0.2) is 0 Å². The van der Waals surface area contributed by atoms with Crippen molar-refractivity contribution in [3.8, 4) is 0 Å². The quantitative estimate of drug-likeness (QED) is 0.279. The number of aliphatic carboxylic acids is 6. The summed E-state index contributed by atoms with van der Waals surface area (Å²) in [6.45, 7) is 0. The van der Waals surface area contributed by atoms with Crippen molar-refractivity contribution >= 4 is 35.8 Å². The van der Waals surface area contributed by atoms with Gasteiger partial charge < -0.3 is 69.6 Å². The molecular weight excluding hydrogens is 462 g/mol. The molecule has 0 aromatic rings. The van der Waals surface area contributed by atoms with Crippen molar-refractivity contribution in [3.05, 3.63) is 0 Å². The molecule has 17 heteroatoms. The van der Waals surface area contributed by atoms with E-state index in [9.17, 15) is 59.4 Å². The zero-order valence-electron chi connectivity index (χ0n) is 15.1. The number of carboxylic acid groups (broad SMARTS) is 6. The van der Waals surface area contributed by atoms with Crippen LogP contribution in [0.15, 0.2) is 0 Å². The van der Waals surface area contributed by atoms with Crippen LogP contribution in [0.1, 0.15) is 25.7 Å². The van der Waals surface area contributed by atoms with Crippen molar-refractivity contribution in [1.29, 1.82) is 0 Å². The number of rotatable bonds is 10. The van der Waals surface area contributed by atoms with Gasteiger partial charge in [0.25, 0.3) is 0 Å². The van der Waals surface area contributed by atoms with Crippen molar-refractivity contribution in [2.45, 2.75) is 36.9 Å². The van der Waals surface area contributed by atoms with Gasteiger partial charge >= 0.3 is 80.8 Å². The molecule has 0 heterocycles. The van der Waals surface area contributed by atoms with Gasteiger partial charge in [0.05, 0.1) is 11.9 Å². The predicted octanol–water partition coefficient (Wildman–Crippen LogP) is -16.5. The molecule has 0 aliphatic carbocycles. The second kappa shape index (κ2) is 17.2. The normalized spacial score (nSPS) is 9.72. The fourth-order valence-electron chi connectivity index (χ4n) is 1.37. The first-order chi connectivity index (χ1) is 11.6. The minimum atomic E-state index is -2.97. The molecule has 0 atom stereocenters. The van der Waals surface area contributed by atoms with E-state index in [4.69, 9.17) is 10.2 Å². The third-order valence-electron chi connectivity index (χ3n) is 2.51. The summed E-state index contributed by atoms with van der Waals surface area (Å²) in [6.07, 6.45) is -5.43. The molecule has 29 heavy (non-hydrogen) atoms. The summed E-state index contributed by atoms with van der Waals surface area (Å²) in [5.74, 6) is -12.0. The topological polar surface area (TPSA) is 281 Å². The largest absolute Gasteiger partial charge is 4.00 e. The zero-order valence-corrected chi connectivity index (χ0v) is 20.7. The molecule has 0 fully saturated rings. The van der Waals surface area contributed by atoms with Crippen LogP contribution >= 0.6 is 0 Å². The molecule has 2 N–H and O–H groups in total. The number of carboxylic acids is 6. The second-order valence-corrected chi connectivity index (χ2v) is 4.83. The van der Waals surface area contributed by atoms with Gasteiger partial charge in [-0.15, -0.1) is 0 Å². The van der Waals surface area contributed by atoms with Crippen molar-refractivity contribution in [2.75, 3.05) is 0 Å². The van der Waals surface area contributed by atoms with Crippen LogP contribution in [-0.4, -0.2) is 57.2 Å². The van der Waals surface area contributed by atoms with E-state index in [0.717, 1.165) is 0 Å². The van der Waals surface area contributed by atoms with E-state index in [0.29, 0.717) is 0 Å². The Labute approximate surface area is 221 Å². The average Bonchev–Trinajstić information content (AvgIpc) is 2.34. The molecule has 0 saturated heterocycles. The molecule has 0 aliphatic rings. The van der Waals surface area contributed by atoms with Crippen LogP contribution in [0.5, 0.6) is 0 Å². The standard InChI is InChI=1S/2C6H8O7.2Na.Ti/c2*7-3(8)1-6(13,5(11)12)2-4(9)10;;;/h2*13H,1-2H2,(H,7,8)(H,9,10)(H,11,12);;;/q;;2*+1;+4/p-6. The van der Waals surface area contributed by atoms with E-state index in [1.807, 2.05) is 0 Å². The van der Waals surface area contributed by atoms with Gasteiger partial charge in [0, 0.05) is 49.6 Å². The van der Waals surface area contributed by atoms with E-state index in [1.54, 1.807) is 0 Å². The maximum Gasteiger partial charge on any atom is 4.00 e. The molecule has 0 rings (SSSR count). The Kier molecular flexibility index (Phi) is 23.1. The van der Waals surface area contributed by atoms with Crippen LogP contribution < -0.4 is 89.8 Å². The third kappa shape index (κ3) is 18.0. The molecule has 14 nitrogen and oxygen atoms in total. The van der Waals surface area contributed by atoms with Crippen LogP contribution in [0.3, 0.4) is 0 Å². The van der Waals surface area contributed by atoms with Gasteiger partial charge in [0.2, 0.25) is 0 Å². The third-order valence-corrected chi connectivity index (χ3v) is 2.51. The van der Waals surface area contributed by atoms with Gasteiger partial charge in [-0.2, -0.15) is 0 Å². The Morgan fingerprint density at radius 2 is 0.655 bits per heavy atom. The van der Waals surface area contributed by atoms with Crippen LogP contribution in [-0.2, 0) is 50.5 Å². The summed E-state index contributed by atoms with van der Waals surface area (Å²) in [7, 11) is 0. The molecule has 0 spiro atoms. The Morgan fingerprint density at radius 1 is 0.517 bits per heavy atom. The van der Waals surface area contributed by atoms with Crippen molar-refractivity contribution in [3.63, 3.8) is 0 Å². The van der Waals surface area contributed by atoms with E-state index in [-0.39, 0.29) is 80.8 Å². The maximum absolute atomic E-state index is 10.1. The fourth-order valence-corrected chi connectivity index (χ4v) is 1.37. The molecule has 148 valence electrons. The van der Waals surface area contributed by atoms with Crippen LogP contribution in [0.25, 0.3) is 0 Å². The Balaban J connectivity index is -0.000000120. The summed E-state index contributed by atoms with van der Waals surface area (Å²) >= 11 is 0. The molecule has 0 aliphatic heterocycles. The SMILES string of the molecule is O=C([O-])CC(O)(CC(=O)[O-])C(=O)[O-].O=C([O-])CC(O)(CC(=O)[O-])C(=O)[O-].[Na+].[Na+].[Ti+4]. The molecule has 0 aromatic carbocycles. The van der Waals surface area contributed by atoms with Crippen molar-refractivity contribution < 1.29 is 150 Å². The molecular formula is C12H10Na2O14Ti. The minimum Gasteiger partial charge on any atom is -0.550 e. The summed E-state index contributed by atoms with van der Waals surface area (Å²) in [5.41, 5.74) is -5.95. The molecule has 0 saturated carbocycles. The second-order valence-electron chi connectivity index (χ2n) is 4.83. The van der Waals surface area contributed by atoms with Crippen molar-refractivity contribution in [2.24, 2.45) is 0 Å². The maximum atomic E-state index is 10.1. The van der Waals surface area contributed by atoms with Crippen molar-refractivity contribution in [1.82, 2.24) is 0 Å². The number of carbonyl (C=O) groups excluding carboxylic acids is 6. The monoisotopic (exact) mass is 472 g/mol. The summed E-state index contributed by atoms with van der Waals surface area (Å²) < 4.78 is 0. The van der Waals surface area contributed by atoms with Crippen LogP contribution in [0.2, 0.25) is 0 Å². The smallest absolute Gasteiger partial charge is 0.550 e. The number of carbonyl (C=O) groups is 6. The van der Waals surface area contributed by atoms with E-state index in [1.165, 1.54) is 0 Å². The molecule has 0 unspecified atom stereocenters. The van der Waals surface area contributed by atoms with E-state index >= 15 is 0 Å². The zero-order chi connectivity index (χ0) is 21.3. The Morgan fingerprint density at radius 3 is 0.724 bits per heavy atom. The fraction of sp³-hybridized carbons (Fsp3) is 0.500. The van der Waals surface area contributed by atoms with E-state index in [2.05, 4.69) is 0 Å².